The summed E-state index contributed by atoms with van der Waals surface area (Å²) in [6, 6.07) is 4.95. The van der Waals surface area contributed by atoms with E-state index in [1.807, 2.05) is 0 Å². The number of hydrogen-bond donors (Lipinski definition) is 3. The lowest BCUT2D eigenvalue weighted by Gasteiger charge is -2.12. The molecule has 0 aromatic heterocycles. The molecule has 0 radical (unpaired) electrons. The molecule has 1 rings (SSSR count). The number of nitrogens with two attached hydrogens (primary N) is 1. The first kappa shape index (κ1) is 17.8. The van der Waals surface area contributed by atoms with E-state index >= 15 is 0 Å². The van der Waals surface area contributed by atoms with Crippen molar-refractivity contribution in [2.45, 2.75) is 27.2 Å². The first-order valence-corrected chi connectivity index (χ1v) is 7.45. The molecule has 0 heterocycles. The third kappa shape index (κ3) is 6.47. The lowest BCUT2D eigenvalue weighted by molar-refractivity contribution is -0.118. The summed E-state index contributed by atoms with van der Waals surface area (Å²) < 4.78 is 5.63. The monoisotopic (exact) mass is 307 g/mol. The maximum absolute atomic E-state index is 12.0. The van der Waals surface area contributed by atoms with Gasteiger partial charge in [0.2, 0.25) is 5.91 Å². The molecule has 6 nitrogen and oxygen atoms in total. The molecule has 0 atom stereocenters. The lowest BCUT2D eigenvalue weighted by atomic mass is 10.1. The van der Waals surface area contributed by atoms with E-state index < -0.39 is 0 Å². The van der Waals surface area contributed by atoms with Crippen LogP contribution in [0.25, 0.3) is 0 Å². The molecule has 0 spiro atoms. The second-order valence-electron chi connectivity index (χ2n) is 5.52. The van der Waals surface area contributed by atoms with Gasteiger partial charge in [0.1, 0.15) is 5.75 Å². The number of carbonyl (C=O) groups is 2. The van der Waals surface area contributed by atoms with Crippen LogP contribution in [0.2, 0.25) is 0 Å². The van der Waals surface area contributed by atoms with Gasteiger partial charge in [0.15, 0.2) is 0 Å². The Kier molecular flexibility index (Phi) is 7.22. The van der Waals surface area contributed by atoms with Gasteiger partial charge in [-0.05, 0) is 30.5 Å². The highest BCUT2D eigenvalue weighted by molar-refractivity contribution is 5.95. The quantitative estimate of drug-likeness (QED) is 0.502. The van der Waals surface area contributed by atoms with Crippen LogP contribution in [-0.2, 0) is 4.79 Å². The highest BCUT2D eigenvalue weighted by Crippen LogP contribution is 2.23. The average Bonchev–Trinajstić information content (AvgIpc) is 2.44. The van der Waals surface area contributed by atoms with Crippen molar-refractivity contribution < 1.29 is 14.3 Å². The molecule has 0 aliphatic rings. The zero-order valence-electron chi connectivity index (χ0n) is 13.4. The van der Waals surface area contributed by atoms with Gasteiger partial charge in [-0.25, -0.2) is 0 Å². The molecule has 6 heteroatoms. The molecule has 1 aromatic carbocycles. The Labute approximate surface area is 131 Å². The second-order valence-corrected chi connectivity index (χ2v) is 5.52. The summed E-state index contributed by atoms with van der Waals surface area (Å²) in [5.41, 5.74) is 6.85. The predicted octanol–water partition coefficient (Wildman–Crippen LogP) is 1.56. The number of amides is 2. The third-order valence-corrected chi connectivity index (χ3v) is 3.01. The molecule has 1 aromatic rings. The Morgan fingerprint density at radius 2 is 1.91 bits per heavy atom. The highest BCUT2D eigenvalue weighted by atomic mass is 16.5. The molecule has 0 bridgehead atoms. The van der Waals surface area contributed by atoms with Gasteiger partial charge in [0.05, 0.1) is 12.3 Å². The first-order valence-electron chi connectivity index (χ1n) is 7.45. The van der Waals surface area contributed by atoms with E-state index in [1.165, 1.54) is 6.92 Å². The summed E-state index contributed by atoms with van der Waals surface area (Å²) in [6.45, 7) is 7.00. The van der Waals surface area contributed by atoms with Crippen molar-refractivity contribution in [2.24, 2.45) is 5.92 Å². The van der Waals surface area contributed by atoms with Crippen LogP contribution in [0.5, 0.6) is 5.75 Å². The molecule has 122 valence electrons. The molecule has 0 aliphatic heterocycles. The fourth-order valence-electron chi connectivity index (χ4n) is 1.72. The summed E-state index contributed by atoms with van der Waals surface area (Å²) in [5, 5.41) is 5.34. The van der Waals surface area contributed by atoms with E-state index in [0.29, 0.717) is 42.6 Å². The Bertz CT molecular complexity index is 515. The van der Waals surface area contributed by atoms with Crippen molar-refractivity contribution in [1.82, 2.24) is 10.6 Å². The van der Waals surface area contributed by atoms with Crippen LogP contribution >= 0.6 is 0 Å². The number of nitrogens with one attached hydrogen (secondary N) is 2. The van der Waals surface area contributed by atoms with Gasteiger partial charge < -0.3 is 21.1 Å². The van der Waals surface area contributed by atoms with Crippen molar-refractivity contribution in [2.75, 3.05) is 25.4 Å². The largest absolute Gasteiger partial charge is 0.491 e. The van der Waals surface area contributed by atoms with E-state index in [1.54, 1.807) is 18.2 Å². The SMILES string of the molecule is CC(=O)NCCNC(=O)c1ccc(N)c(OCCC(C)C)c1. The van der Waals surface area contributed by atoms with Crippen LogP contribution in [0, 0.1) is 5.92 Å². The molecule has 22 heavy (non-hydrogen) atoms. The third-order valence-electron chi connectivity index (χ3n) is 3.01. The van der Waals surface area contributed by atoms with Gasteiger partial charge in [-0.1, -0.05) is 13.8 Å². The molecule has 0 fully saturated rings. The Morgan fingerprint density at radius 3 is 2.55 bits per heavy atom. The van der Waals surface area contributed by atoms with Crippen molar-refractivity contribution in [3.8, 4) is 5.75 Å². The normalized spacial score (nSPS) is 10.4. The summed E-state index contributed by atoms with van der Waals surface area (Å²) in [6.07, 6.45) is 0.923. The van der Waals surface area contributed by atoms with Gasteiger partial charge in [0, 0.05) is 25.6 Å². The Balaban J connectivity index is 2.55. The predicted molar refractivity (Wildman–Crippen MR) is 86.8 cm³/mol. The second kappa shape index (κ2) is 8.92. The summed E-state index contributed by atoms with van der Waals surface area (Å²) in [4.78, 5) is 22.7. The van der Waals surface area contributed by atoms with Crippen molar-refractivity contribution >= 4 is 17.5 Å². The van der Waals surface area contributed by atoms with E-state index in [4.69, 9.17) is 10.5 Å². The number of benzene rings is 1. The number of nitrogen functional groups attached to an aromatic ring is 1. The minimum Gasteiger partial charge on any atom is -0.491 e. The molecular formula is C16H25N3O3. The van der Waals surface area contributed by atoms with Crippen molar-refractivity contribution in [3.63, 3.8) is 0 Å². The fraction of sp³-hybridized carbons (Fsp3) is 0.500. The first-order chi connectivity index (χ1) is 10.4. The molecular weight excluding hydrogens is 282 g/mol. The van der Waals surface area contributed by atoms with Crippen LogP contribution < -0.4 is 21.1 Å². The minimum atomic E-state index is -0.223. The van der Waals surface area contributed by atoms with Gasteiger partial charge in [-0.3, -0.25) is 9.59 Å². The number of anilines is 1. The summed E-state index contributed by atoms with van der Waals surface area (Å²) in [7, 11) is 0. The van der Waals surface area contributed by atoms with Gasteiger partial charge in [0.25, 0.3) is 5.91 Å². The van der Waals surface area contributed by atoms with Crippen LogP contribution in [0.3, 0.4) is 0 Å². The van der Waals surface area contributed by atoms with Crippen molar-refractivity contribution in [3.05, 3.63) is 23.8 Å². The molecule has 0 aliphatic carbocycles. The Hall–Kier alpha value is -2.24. The highest BCUT2D eigenvalue weighted by Gasteiger charge is 2.09. The number of rotatable bonds is 8. The molecule has 0 saturated heterocycles. The average molecular weight is 307 g/mol. The van der Waals surface area contributed by atoms with Crippen LogP contribution in [0.1, 0.15) is 37.6 Å². The molecule has 0 unspecified atom stereocenters. The topological polar surface area (TPSA) is 93.5 Å². The van der Waals surface area contributed by atoms with Gasteiger partial charge >= 0.3 is 0 Å². The standard InChI is InChI=1S/C16H25N3O3/c1-11(2)6-9-22-15-10-13(4-5-14(15)17)16(21)19-8-7-18-12(3)20/h4-5,10-11H,6-9,17H2,1-3H3,(H,18,20)(H,19,21). The zero-order valence-corrected chi connectivity index (χ0v) is 13.4. The Morgan fingerprint density at radius 1 is 1.23 bits per heavy atom. The van der Waals surface area contributed by atoms with Gasteiger partial charge in [-0.2, -0.15) is 0 Å². The van der Waals surface area contributed by atoms with E-state index in [-0.39, 0.29) is 11.8 Å². The molecule has 4 N–H and O–H groups in total. The molecule has 0 saturated carbocycles. The lowest BCUT2D eigenvalue weighted by Crippen LogP contribution is -2.33. The number of carbonyl (C=O) groups excluding carboxylic acids is 2. The summed E-state index contributed by atoms with van der Waals surface area (Å²) >= 11 is 0. The van der Waals surface area contributed by atoms with E-state index in [0.717, 1.165) is 6.42 Å². The number of hydrogen-bond acceptors (Lipinski definition) is 4. The van der Waals surface area contributed by atoms with Gasteiger partial charge in [-0.15, -0.1) is 0 Å². The van der Waals surface area contributed by atoms with Crippen LogP contribution in [0.4, 0.5) is 5.69 Å². The van der Waals surface area contributed by atoms with Crippen molar-refractivity contribution in [1.29, 1.82) is 0 Å². The maximum Gasteiger partial charge on any atom is 0.251 e. The smallest absolute Gasteiger partial charge is 0.251 e. The summed E-state index contributed by atoms with van der Waals surface area (Å²) in [5.74, 6) is 0.721. The minimum absolute atomic E-state index is 0.123. The zero-order chi connectivity index (χ0) is 16.5. The maximum atomic E-state index is 12.0. The molecule has 2 amide bonds. The van der Waals surface area contributed by atoms with Crippen LogP contribution in [-0.4, -0.2) is 31.5 Å². The van der Waals surface area contributed by atoms with E-state index in [2.05, 4.69) is 24.5 Å². The fourth-order valence-corrected chi connectivity index (χ4v) is 1.72. The van der Waals surface area contributed by atoms with E-state index in [9.17, 15) is 9.59 Å². The number of ether oxygens (including phenoxy) is 1. The van der Waals surface area contributed by atoms with Crippen LogP contribution in [0.15, 0.2) is 18.2 Å².